The average Bonchev–Trinajstić information content (AvgIpc) is 3.39. The van der Waals surface area contributed by atoms with Crippen LogP contribution >= 0.6 is 0 Å². The monoisotopic (exact) mass is 329 g/mol. The maximum atomic E-state index is 12.3. The van der Waals surface area contributed by atoms with Crippen molar-refractivity contribution in [3.63, 3.8) is 0 Å². The number of hydrogen-bond acceptors (Lipinski definition) is 3. The first-order valence-corrected chi connectivity index (χ1v) is 9.22. The zero-order valence-corrected chi connectivity index (χ0v) is 14.3. The highest BCUT2D eigenvalue weighted by molar-refractivity contribution is 5.89. The summed E-state index contributed by atoms with van der Waals surface area (Å²) in [6.07, 6.45) is 8.90. The summed E-state index contributed by atoms with van der Waals surface area (Å²) in [4.78, 5) is 15.1. The van der Waals surface area contributed by atoms with E-state index in [1.54, 1.807) is 7.11 Å². The number of nitrogens with one attached hydrogen (secondary N) is 2. The number of anilines is 1. The van der Waals surface area contributed by atoms with Crippen molar-refractivity contribution in [1.29, 1.82) is 0 Å². The van der Waals surface area contributed by atoms with Crippen LogP contribution in [0, 0.1) is 0 Å². The number of hydrogen-bond donors (Lipinski definition) is 2. The molecule has 5 nitrogen and oxygen atoms in total. The van der Waals surface area contributed by atoms with Crippen LogP contribution in [-0.4, -0.2) is 42.2 Å². The first-order valence-electron chi connectivity index (χ1n) is 9.22. The topological polar surface area (TPSA) is 53.6 Å². The summed E-state index contributed by atoms with van der Waals surface area (Å²) in [5.41, 5.74) is 0.795. The van der Waals surface area contributed by atoms with Crippen LogP contribution in [0.3, 0.4) is 0 Å². The summed E-state index contributed by atoms with van der Waals surface area (Å²) in [5.74, 6) is 0.793. The van der Waals surface area contributed by atoms with E-state index in [1.807, 2.05) is 24.3 Å². The molecule has 3 fully saturated rings. The van der Waals surface area contributed by atoms with Crippen molar-refractivity contribution in [1.82, 2.24) is 10.2 Å². The SMILES string of the molecule is COc1ccc(NC(=O)NC2CC3CCCC(C2)N3C2CC2)cc1. The molecule has 0 spiro atoms. The van der Waals surface area contributed by atoms with E-state index >= 15 is 0 Å². The number of amides is 2. The Morgan fingerprint density at radius 3 is 2.29 bits per heavy atom. The van der Waals surface area contributed by atoms with Crippen LogP contribution < -0.4 is 15.4 Å². The van der Waals surface area contributed by atoms with Crippen molar-refractivity contribution in [2.45, 2.75) is 69.1 Å². The standard InChI is InChI=1S/C19H27N3O2/c1-24-18-9-5-13(6-10-18)20-19(23)21-14-11-16-3-2-4-17(12-14)22(16)15-7-8-15/h5-6,9-10,14-17H,2-4,7-8,11-12H2,1H3,(H2,20,21,23). The number of ether oxygens (including phenoxy) is 1. The first-order chi connectivity index (χ1) is 11.7. The van der Waals surface area contributed by atoms with Crippen molar-refractivity contribution in [3.8, 4) is 5.75 Å². The third-order valence-electron chi connectivity index (χ3n) is 5.68. The van der Waals surface area contributed by atoms with Crippen LogP contribution in [0.2, 0.25) is 0 Å². The average molecular weight is 329 g/mol. The predicted molar refractivity (Wildman–Crippen MR) is 94.5 cm³/mol. The van der Waals surface area contributed by atoms with Gasteiger partial charge in [0.2, 0.25) is 0 Å². The number of piperidine rings is 2. The molecule has 1 aromatic rings. The van der Waals surface area contributed by atoms with E-state index in [0.29, 0.717) is 18.1 Å². The molecule has 2 N–H and O–H groups in total. The van der Waals surface area contributed by atoms with Crippen LogP contribution in [0.25, 0.3) is 0 Å². The van der Waals surface area contributed by atoms with E-state index < -0.39 is 0 Å². The molecule has 3 aliphatic rings. The van der Waals surface area contributed by atoms with Crippen molar-refractivity contribution in [2.75, 3.05) is 12.4 Å². The van der Waals surface area contributed by atoms with Crippen LogP contribution in [-0.2, 0) is 0 Å². The molecule has 2 aliphatic heterocycles. The van der Waals surface area contributed by atoms with Gasteiger partial charge in [0.25, 0.3) is 0 Å². The summed E-state index contributed by atoms with van der Waals surface area (Å²) in [7, 11) is 1.64. The minimum absolute atomic E-state index is 0.0943. The molecule has 2 unspecified atom stereocenters. The third-order valence-corrected chi connectivity index (χ3v) is 5.68. The molecular formula is C19H27N3O2. The highest BCUT2D eigenvalue weighted by Gasteiger charge is 2.45. The van der Waals surface area contributed by atoms with Gasteiger partial charge in [0.15, 0.2) is 0 Å². The quantitative estimate of drug-likeness (QED) is 0.890. The molecule has 0 aromatic heterocycles. The fraction of sp³-hybridized carbons (Fsp3) is 0.632. The molecule has 5 heteroatoms. The number of carbonyl (C=O) groups excluding carboxylic acids is 1. The molecule has 130 valence electrons. The van der Waals surface area contributed by atoms with Gasteiger partial charge in [-0.05, 0) is 62.8 Å². The van der Waals surface area contributed by atoms with Crippen LogP contribution in [0.15, 0.2) is 24.3 Å². The molecule has 0 radical (unpaired) electrons. The summed E-state index contributed by atoms with van der Waals surface area (Å²) < 4.78 is 5.14. The third kappa shape index (κ3) is 3.36. The molecule has 2 heterocycles. The highest BCUT2D eigenvalue weighted by Crippen LogP contribution is 2.41. The first kappa shape index (κ1) is 15.8. The van der Waals surface area contributed by atoms with E-state index in [4.69, 9.17) is 4.74 Å². The van der Waals surface area contributed by atoms with Gasteiger partial charge in [-0.2, -0.15) is 0 Å². The fourth-order valence-corrected chi connectivity index (χ4v) is 4.53. The predicted octanol–water partition coefficient (Wildman–Crippen LogP) is 3.36. The molecule has 2 atom stereocenters. The lowest BCUT2D eigenvalue weighted by molar-refractivity contribution is 0.0198. The smallest absolute Gasteiger partial charge is 0.319 e. The Morgan fingerprint density at radius 2 is 1.71 bits per heavy atom. The number of fused-ring (bicyclic) bond motifs is 2. The number of nitrogens with zero attached hydrogens (tertiary/aromatic N) is 1. The zero-order valence-electron chi connectivity index (χ0n) is 14.3. The van der Waals surface area contributed by atoms with E-state index in [9.17, 15) is 4.79 Å². The Balaban J connectivity index is 1.32. The number of rotatable bonds is 4. The van der Waals surface area contributed by atoms with Gasteiger partial charge in [0.05, 0.1) is 7.11 Å². The molecule has 2 bridgehead atoms. The van der Waals surface area contributed by atoms with Crippen molar-refractivity contribution in [3.05, 3.63) is 24.3 Å². The lowest BCUT2D eigenvalue weighted by Gasteiger charge is -2.49. The second kappa shape index (κ2) is 6.63. The Morgan fingerprint density at radius 1 is 1.04 bits per heavy atom. The van der Waals surface area contributed by atoms with Crippen LogP contribution in [0.4, 0.5) is 10.5 Å². The Kier molecular flexibility index (Phi) is 4.35. The molecule has 1 aromatic carbocycles. The van der Waals surface area contributed by atoms with E-state index in [1.165, 1.54) is 32.1 Å². The summed E-state index contributed by atoms with van der Waals surface area (Å²) in [5, 5.41) is 6.13. The minimum atomic E-state index is -0.0943. The van der Waals surface area contributed by atoms with Gasteiger partial charge in [-0.25, -0.2) is 4.79 Å². The molecular weight excluding hydrogens is 302 g/mol. The molecule has 1 aliphatic carbocycles. The summed E-state index contributed by atoms with van der Waals surface area (Å²) in [6.45, 7) is 0. The number of carbonyl (C=O) groups is 1. The molecule has 2 saturated heterocycles. The molecule has 2 amide bonds. The maximum absolute atomic E-state index is 12.3. The highest BCUT2D eigenvalue weighted by atomic mass is 16.5. The zero-order chi connectivity index (χ0) is 16.5. The van der Waals surface area contributed by atoms with Gasteiger partial charge in [0.1, 0.15) is 5.75 Å². The van der Waals surface area contributed by atoms with E-state index in [-0.39, 0.29) is 6.03 Å². The lowest BCUT2D eigenvalue weighted by Crippen LogP contribution is -2.58. The summed E-state index contributed by atoms with van der Waals surface area (Å²) >= 11 is 0. The largest absolute Gasteiger partial charge is 0.497 e. The second-order valence-electron chi connectivity index (χ2n) is 7.41. The van der Waals surface area contributed by atoms with Gasteiger partial charge < -0.3 is 15.4 Å². The van der Waals surface area contributed by atoms with Gasteiger partial charge in [-0.15, -0.1) is 0 Å². The molecule has 24 heavy (non-hydrogen) atoms. The number of urea groups is 1. The number of benzene rings is 1. The molecule has 1 saturated carbocycles. The van der Waals surface area contributed by atoms with Crippen molar-refractivity contribution < 1.29 is 9.53 Å². The minimum Gasteiger partial charge on any atom is -0.497 e. The van der Waals surface area contributed by atoms with Crippen molar-refractivity contribution in [2.24, 2.45) is 0 Å². The van der Waals surface area contributed by atoms with Gasteiger partial charge in [-0.1, -0.05) is 6.42 Å². The maximum Gasteiger partial charge on any atom is 0.319 e. The number of methoxy groups -OCH3 is 1. The Hall–Kier alpha value is -1.75. The fourth-order valence-electron chi connectivity index (χ4n) is 4.53. The van der Waals surface area contributed by atoms with E-state index in [0.717, 1.165) is 30.3 Å². The summed E-state index contributed by atoms with van der Waals surface area (Å²) in [6, 6.07) is 9.84. The Labute approximate surface area is 143 Å². The lowest BCUT2D eigenvalue weighted by atomic mass is 9.81. The van der Waals surface area contributed by atoms with Crippen LogP contribution in [0.5, 0.6) is 5.75 Å². The van der Waals surface area contributed by atoms with Crippen molar-refractivity contribution >= 4 is 11.7 Å². The van der Waals surface area contributed by atoms with Crippen LogP contribution in [0.1, 0.15) is 44.9 Å². The van der Waals surface area contributed by atoms with Gasteiger partial charge >= 0.3 is 6.03 Å². The molecule has 4 rings (SSSR count). The second-order valence-corrected chi connectivity index (χ2v) is 7.41. The van der Waals surface area contributed by atoms with Gasteiger partial charge in [0, 0.05) is 29.9 Å². The normalized spacial score (nSPS) is 29.8. The van der Waals surface area contributed by atoms with E-state index in [2.05, 4.69) is 15.5 Å². The van der Waals surface area contributed by atoms with Gasteiger partial charge in [-0.3, -0.25) is 4.90 Å². The Bertz CT molecular complexity index is 571.